The predicted octanol–water partition coefficient (Wildman–Crippen LogP) is 1.92. The largest absolute Gasteiger partial charge is 0.324 e. The molecule has 0 amide bonds. The summed E-state index contributed by atoms with van der Waals surface area (Å²) in [6, 6.07) is 0.370. The van der Waals surface area contributed by atoms with E-state index >= 15 is 0 Å². The molecule has 0 saturated heterocycles. The highest BCUT2D eigenvalue weighted by Crippen LogP contribution is 2.50. The highest BCUT2D eigenvalue weighted by molar-refractivity contribution is 5.09. The van der Waals surface area contributed by atoms with E-state index in [1.807, 2.05) is 4.68 Å². The molecule has 0 radical (unpaired) electrons. The lowest BCUT2D eigenvalue weighted by Crippen LogP contribution is -2.47. The van der Waals surface area contributed by atoms with Crippen molar-refractivity contribution in [2.75, 3.05) is 0 Å². The Balaban J connectivity index is 1.80. The summed E-state index contributed by atoms with van der Waals surface area (Å²) in [4.78, 5) is 4.40. The van der Waals surface area contributed by atoms with Crippen molar-refractivity contribution in [3.05, 3.63) is 12.2 Å². The van der Waals surface area contributed by atoms with Crippen molar-refractivity contribution in [1.82, 2.24) is 14.8 Å². The molecule has 2 N–H and O–H groups in total. The molecule has 1 aromatic rings. The molecule has 94 valence electrons. The molecule has 3 rings (SSSR count). The minimum Gasteiger partial charge on any atom is -0.324 e. The third kappa shape index (κ3) is 1.79. The first-order valence-corrected chi connectivity index (χ1v) is 6.76. The van der Waals surface area contributed by atoms with Crippen molar-refractivity contribution in [3.63, 3.8) is 0 Å². The van der Waals surface area contributed by atoms with Crippen LogP contribution in [0.4, 0.5) is 0 Å². The zero-order valence-electron chi connectivity index (χ0n) is 10.8. The third-order valence-electron chi connectivity index (χ3n) is 4.65. The average molecular weight is 234 g/mol. The summed E-state index contributed by atoms with van der Waals surface area (Å²) in [6.07, 6.45) is 7.78. The summed E-state index contributed by atoms with van der Waals surface area (Å²) < 4.78 is 2.01. The molecule has 1 heterocycles. The van der Waals surface area contributed by atoms with E-state index in [-0.39, 0.29) is 5.54 Å². The summed E-state index contributed by atoms with van der Waals surface area (Å²) in [5.74, 6) is 2.65. The number of fused-ring (bicyclic) bond motifs is 2. The van der Waals surface area contributed by atoms with Crippen LogP contribution in [0.1, 0.15) is 51.4 Å². The molecular formula is C13H22N4. The van der Waals surface area contributed by atoms with E-state index in [0.717, 1.165) is 18.2 Å². The van der Waals surface area contributed by atoms with Crippen LogP contribution in [0.15, 0.2) is 6.33 Å². The first-order valence-electron chi connectivity index (χ1n) is 6.76. The van der Waals surface area contributed by atoms with Gasteiger partial charge in [0, 0.05) is 18.0 Å². The van der Waals surface area contributed by atoms with Gasteiger partial charge in [-0.25, -0.2) is 9.67 Å². The summed E-state index contributed by atoms with van der Waals surface area (Å²) in [7, 11) is 0. The third-order valence-corrected chi connectivity index (χ3v) is 4.65. The highest BCUT2D eigenvalue weighted by Gasteiger charge is 2.48. The maximum Gasteiger partial charge on any atom is 0.138 e. The fraction of sp³-hybridized carbons (Fsp3) is 0.846. The lowest BCUT2D eigenvalue weighted by Gasteiger charge is -2.33. The van der Waals surface area contributed by atoms with Crippen LogP contribution in [-0.2, 0) is 6.42 Å². The van der Waals surface area contributed by atoms with E-state index in [4.69, 9.17) is 5.73 Å². The smallest absolute Gasteiger partial charge is 0.138 e. The van der Waals surface area contributed by atoms with Crippen LogP contribution < -0.4 is 5.73 Å². The van der Waals surface area contributed by atoms with Gasteiger partial charge >= 0.3 is 0 Å². The minimum absolute atomic E-state index is 0.0113. The number of aromatic nitrogens is 3. The van der Waals surface area contributed by atoms with Gasteiger partial charge in [0.25, 0.3) is 0 Å². The Morgan fingerprint density at radius 1 is 1.53 bits per heavy atom. The highest BCUT2D eigenvalue weighted by atomic mass is 15.3. The molecule has 2 aliphatic rings. The van der Waals surface area contributed by atoms with Gasteiger partial charge < -0.3 is 5.73 Å². The number of nitrogens with two attached hydrogens (primary N) is 1. The van der Waals surface area contributed by atoms with Crippen LogP contribution >= 0.6 is 0 Å². The molecule has 4 nitrogen and oxygen atoms in total. The van der Waals surface area contributed by atoms with Gasteiger partial charge in [0.15, 0.2) is 0 Å². The van der Waals surface area contributed by atoms with Gasteiger partial charge in [-0.3, -0.25) is 0 Å². The molecule has 4 heteroatoms. The molecule has 3 atom stereocenters. The quantitative estimate of drug-likeness (QED) is 0.869. The molecule has 2 saturated carbocycles. The molecule has 0 spiro atoms. The minimum atomic E-state index is -0.0113. The van der Waals surface area contributed by atoms with E-state index in [9.17, 15) is 0 Å². The maximum atomic E-state index is 6.62. The van der Waals surface area contributed by atoms with Gasteiger partial charge in [0.1, 0.15) is 12.2 Å². The van der Waals surface area contributed by atoms with Crippen LogP contribution in [0.25, 0.3) is 0 Å². The van der Waals surface area contributed by atoms with Crippen molar-refractivity contribution < 1.29 is 0 Å². The van der Waals surface area contributed by atoms with Gasteiger partial charge in [-0.2, -0.15) is 5.10 Å². The number of nitrogens with zero attached hydrogens (tertiary/aromatic N) is 3. The first-order chi connectivity index (χ1) is 8.08. The van der Waals surface area contributed by atoms with Crippen molar-refractivity contribution in [1.29, 1.82) is 0 Å². The van der Waals surface area contributed by atoms with E-state index in [1.54, 1.807) is 6.33 Å². The lowest BCUT2D eigenvalue weighted by atomic mass is 9.79. The number of rotatable bonds is 3. The normalized spacial score (nSPS) is 36.0. The first kappa shape index (κ1) is 11.2. The van der Waals surface area contributed by atoms with E-state index in [0.29, 0.717) is 12.0 Å². The second-order valence-electron chi connectivity index (χ2n) is 6.20. The average Bonchev–Trinajstić information content (AvgIpc) is 2.91. The number of hydrogen-bond acceptors (Lipinski definition) is 3. The van der Waals surface area contributed by atoms with Gasteiger partial charge in [-0.05, 0) is 44.9 Å². The zero-order chi connectivity index (χ0) is 12.0. The second kappa shape index (κ2) is 3.80. The summed E-state index contributed by atoms with van der Waals surface area (Å²) in [5.41, 5.74) is 6.61. The van der Waals surface area contributed by atoms with Crippen LogP contribution in [0, 0.1) is 11.8 Å². The van der Waals surface area contributed by atoms with Gasteiger partial charge in [-0.15, -0.1) is 0 Å². The number of hydrogen-bond donors (Lipinski definition) is 1. The van der Waals surface area contributed by atoms with Crippen LogP contribution in [0.3, 0.4) is 0 Å². The topological polar surface area (TPSA) is 56.7 Å². The monoisotopic (exact) mass is 234 g/mol. The Morgan fingerprint density at radius 2 is 2.35 bits per heavy atom. The van der Waals surface area contributed by atoms with Crippen LogP contribution in [-0.4, -0.2) is 20.3 Å². The van der Waals surface area contributed by atoms with E-state index in [1.165, 1.54) is 25.7 Å². The molecule has 1 aromatic heterocycles. The molecule has 17 heavy (non-hydrogen) atoms. The van der Waals surface area contributed by atoms with E-state index < -0.39 is 0 Å². The summed E-state index contributed by atoms with van der Waals surface area (Å²) in [5, 5.41) is 4.30. The van der Waals surface area contributed by atoms with Gasteiger partial charge in [-0.1, -0.05) is 6.42 Å². The summed E-state index contributed by atoms with van der Waals surface area (Å²) >= 11 is 0. The lowest BCUT2D eigenvalue weighted by molar-refractivity contribution is 0.260. The second-order valence-corrected chi connectivity index (χ2v) is 6.20. The fourth-order valence-corrected chi connectivity index (χ4v) is 3.83. The van der Waals surface area contributed by atoms with Gasteiger partial charge in [0.05, 0.1) is 0 Å². The molecular weight excluding hydrogens is 212 g/mol. The molecule has 2 bridgehead atoms. The Hall–Kier alpha value is -0.900. The van der Waals surface area contributed by atoms with Gasteiger partial charge in [0.2, 0.25) is 0 Å². The van der Waals surface area contributed by atoms with E-state index in [2.05, 4.69) is 23.9 Å². The Bertz CT molecular complexity index is 411. The molecule has 3 unspecified atom stereocenters. The SMILES string of the molecule is CC(C)n1ncnc1CC1(N)CC2CCC1C2. The van der Waals surface area contributed by atoms with Crippen LogP contribution in [0.2, 0.25) is 0 Å². The Labute approximate surface area is 103 Å². The predicted molar refractivity (Wildman–Crippen MR) is 66.5 cm³/mol. The Morgan fingerprint density at radius 3 is 2.94 bits per heavy atom. The zero-order valence-corrected chi connectivity index (χ0v) is 10.8. The van der Waals surface area contributed by atoms with Crippen molar-refractivity contribution in [2.24, 2.45) is 17.6 Å². The standard InChI is InChI=1S/C13H22N4/c1-9(2)17-12(15-8-16-17)7-13(14)6-10-3-4-11(13)5-10/h8-11H,3-7,14H2,1-2H3. The molecule has 0 aliphatic heterocycles. The maximum absolute atomic E-state index is 6.62. The van der Waals surface area contributed by atoms with Crippen molar-refractivity contribution >= 4 is 0 Å². The Kier molecular flexibility index (Phi) is 2.51. The molecule has 2 aliphatic carbocycles. The van der Waals surface area contributed by atoms with Crippen molar-refractivity contribution in [3.8, 4) is 0 Å². The van der Waals surface area contributed by atoms with Crippen molar-refractivity contribution in [2.45, 2.75) is 57.5 Å². The molecule has 2 fully saturated rings. The van der Waals surface area contributed by atoms with Crippen LogP contribution in [0.5, 0.6) is 0 Å². The fourth-order valence-electron chi connectivity index (χ4n) is 3.83. The summed E-state index contributed by atoms with van der Waals surface area (Å²) in [6.45, 7) is 4.28. The molecule has 0 aromatic carbocycles.